The minimum Gasteiger partial charge on any atom is -0.468 e. The third kappa shape index (κ3) is 3.60. The number of likely N-dealkylation sites (N-methyl/N-ethyl adjacent to an activating group) is 1. The molecule has 2 N–H and O–H groups in total. The van der Waals surface area contributed by atoms with E-state index >= 15 is 0 Å². The number of hydrogen-bond donors (Lipinski definition) is 2. The van der Waals surface area contributed by atoms with Crippen LogP contribution in [0, 0.1) is 0 Å². The lowest BCUT2D eigenvalue weighted by molar-refractivity contribution is 0.259. The van der Waals surface area contributed by atoms with Crippen molar-refractivity contribution in [1.29, 1.82) is 0 Å². The summed E-state index contributed by atoms with van der Waals surface area (Å²) in [5.74, 6) is 0.726. The average Bonchev–Trinajstić information content (AvgIpc) is 2.71. The van der Waals surface area contributed by atoms with Gasteiger partial charge in [-0.05, 0) is 26.2 Å². The molecular weight excluding hydrogens is 230 g/mol. The van der Waals surface area contributed by atoms with Gasteiger partial charge in [0.05, 0.1) is 12.3 Å². The van der Waals surface area contributed by atoms with Crippen LogP contribution in [-0.2, 0) is 10.2 Å². The third-order valence-corrected chi connectivity index (χ3v) is 3.31. The highest BCUT2D eigenvalue weighted by Gasteiger charge is 2.19. The highest BCUT2D eigenvalue weighted by atomic mass is 32.2. The van der Waals surface area contributed by atoms with Crippen LogP contribution in [-0.4, -0.2) is 41.0 Å². The summed E-state index contributed by atoms with van der Waals surface area (Å²) in [6, 6.07) is 3.47. The van der Waals surface area contributed by atoms with Gasteiger partial charge in [0.15, 0.2) is 0 Å². The molecule has 0 saturated carbocycles. The van der Waals surface area contributed by atoms with Crippen LogP contribution >= 0.6 is 0 Å². The van der Waals surface area contributed by atoms with Crippen LogP contribution in [0.3, 0.4) is 0 Å². The maximum atomic E-state index is 11.2. The smallest absolute Gasteiger partial charge is 0.276 e. The summed E-state index contributed by atoms with van der Waals surface area (Å²) in [6.45, 7) is 0.254. The van der Waals surface area contributed by atoms with E-state index < -0.39 is 10.2 Å². The van der Waals surface area contributed by atoms with E-state index in [0.29, 0.717) is 0 Å². The van der Waals surface area contributed by atoms with E-state index in [0.717, 1.165) is 5.76 Å². The van der Waals surface area contributed by atoms with Crippen molar-refractivity contribution >= 4 is 10.2 Å². The fraction of sp³-hybridized carbons (Fsp3) is 0.556. The molecule has 0 spiro atoms. The Morgan fingerprint density at radius 1 is 1.50 bits per heavy atom. The predicted octanol–water partition coefficient (Wildman–Crippen LogP) is -0.0639. The normalized spacial score (nSPS) is 14.2. The maximum Gasteiger partial charge on any atom is 0.276 e. The predicted molar refractivity (Wildman–Crippen MR) is 61.1 cm³/mol. The van der Waals surface area contributed by atoms with Crippen LogP contribution in [0.2, 0.25) is 0 Å². The lowest BCUT2D eigenvalue weighted by atomic mass is 10.2. The molecule has 1 aromatic heterocycles. The Morgan fingerprint density at radius 2 is 2.19 bits per heavy atom. The Hall–Kier alpha value is -0.890. The van der Waals surface area contributed by atoms with Gasteiger partial charge in [-0.3, -0.25) is 4.90 Å². The molecule has 6 nitrogen and oxygen atoms in total. The molecule has 1 unspecified atom stereocenters. The van der Waals surface area contributed by atoms with Gasteiger partial charge in [-0.15, -0.1) is 0 Å². The van der Waals surface area contributed by atoms with Crippen molar-refractivity contribution in [1.82, 2.24) is 14.3 Å². The zero-order chi connectivity index (χ0) is 12.2. The quantitative estimate of drug-likeness (QED) is 0.738. The van der Waals surface area contributed by atoms with Crippen LogP contribution in [0.15, 0.2) is 22.8 Å². The van der Waals surface area contributed by atoms with Gasteiger partial charge in [0.1, 0.15) is 5.76 Å². The Balaban J connectivity index is 2.68. The van der Waals surface area contributed by atoms with E-state index in [4.69, 9.17) is 4.42 Å². The van der Waals surface area contributed by atoms with Crippen molar-refractivity contribution in [3.8, 4) is 0 Å². The highest BCUT2D eigenvalue weighted by Crippen LogP contribution is 2.17. The summed E-state index contributed by atoms with van der Waals surface area (Å²) in [7, 11) is 1.68. The molecular formula is C9H17N3O3S. The summed E-state index contributed by atoms with van der Waals surface area (Å²) in [5, 5.41) is 0. The zero-order valence-corrected chi connectivity index (χ0v) is 10.4. The van der Waals surface area contributed by atoms with Crippen molar-refractivity contribution < 1.29 is 12.8 Å². The fourth-order valence-corrected chi connectivity index (χ4v) is 1.80. The zero-order valence-electron chi connectivity index (χ0n) is 9.60. The molecule has 0 aliphatic rings. The van der Waals surface area contributed by atoms with Gasteiger partial charge in [0.2, 0.25) is 0 Å². The molecule has 1 rings (SSSR count). The van der Waals surface area contributed by atoms with E-state index in [1.165, 1.54) is 7.05 Å². The van der Waals surface area contributed by atoms with Gasteiger partial charge in [-0.1, -0.05) is 0 Å². The Bertz CT molecular complexity index is 400. The molecule has 0 aliphatic heterocycles. The van der Waals surface area contributed by atoms with Crippen LogP contribution in [0.1, 0.15) is 11.8 Å². The Labute approximate surface area is 95.8 Å². The molecule has 0 amide bonds. The number of nitrogens with zero attached hydrogens (tertiary/aromatic N) is 1. The van der Waals surface area contributed by atoms with E-state index in [-0.39, 0.29) is 12.6 Å². The van der Waals surface area contributed by atoms with Crippen LogP contribution in [0.4, 0.5) is 0 Å². The van der Waals surface area contributed by atoms with E-state index in [1.807, 2.05) is 25.1 Å². The molecule has 16 heavy (non-hydrogen) atoms. The van der Waals surface area contributed by atoms with E-state index in [9.17, 15) is 8.42 Å². The highest BCUT2D eigenvalue weighted by molar-refractivity contribution is 7.87. The second kappa shape index (κ2) is 5.44. The SMILES string of the molecule is CNS(=O)(=O)NCC(c1ccco1)N(C)C. The molecule has 0 saturated heterocycles. The first-order valence-electron chi connectivity index (χ1n) is 4.84. The Kier molecular flexibility index (Phi) is 4.48. The summed E-state index contributed by atoms with van der Waals surface area (Å²) < 4.78 is 32.3. The van der Waals surface area contributed by atoms with Crippen LogP contribution < -0.4 is 9.44 Å². The van der Waals surface area contributed by atoms with Crippen molar-refractivity contribution in [3.05, 3.63) is 24.2 Å². The second-order valence-electron chi connectivity index (χ2n) is 3.55. The lowest BCUT2D eigenvalue weighted by Crippen LogP contribution is -2.39. The standard InChI is InChI=1S/C9H17N3O3S/c1-10-16(13,14)11-7-8(12(2)3)9-5-4-6-15-9/h4-6,8,10-11H,7H2,1-3H3. The minimum absolute atomic E-state index is 0.127. The lowest BCUT2D eigenvalue weighted by Gasteiger charge is -2.22. The monoisotopic (exact) mass is 247 g/mol. The molecule has 0 radical (unpaired) electrons. The van der Waals surface area contributed by atoms with E-state index in [1.54, 1.807) is 12.3 Å². The molecule has 1 atom stereocenters. The number of rotatable bonds is 6. The first-order chi connectivity index (χ1) is 7.46. The van der Waals surface area contributed by atoms with Crippen LogP contribution in [0.25, 0.3) is 0 Å². The van der Waals surface area contributed by atoms with Crippen molar-refractivity contribution in [2.24, 2.45) is 0 Å². The number of nitrogens with one attached hydrogen (secondary N) is 2. The molecule has 7 heteroatoms. The van der Waals surface area contributed by atoms with Crippen molar-refractivity contribution in [3.63, 3.8) is 0 Å². The first kappa shape index (κ1) is 13.2. The number of hydrogen-bond acceptors (Lipinski definition) is 4. The summed E-state index contributed by atoms with van der Waals surface area (Å²) in [6.07, 6.45) is 1.57. The molecule has 0 bridgehead atoms. The van der Waals surface area contributed by atoms with Gasteiger partial charge >= 0.3 is 0 Å². The second-order valence-corrected chi connectivity index (χ2v) is 5.25. The average molecular weight is 247 g/mol. The fourth-order valence-electron chi connectivity index (χ4n) is 1.28. The largest absolute Gasteiger partial charge is 0.468 e. The summed E-state index contributed by atoms with van der Waals surface area (Å²) in [4.78, 5) is 1.89. The maximum absolute atomic E-state index is 11.2. The van der Waals surface area contributed by atoms with Crippen molar-refractivity contribution in [2.45, 2.75) is 6.04 Å². The van der Waals surface area contributed by atoms with Gasteiger partial charge < -0.3 is 4.42 Å². The van der Waals surface area contributed by atoms with E-state index in [2.05, 4.69) is 9.44 Å². The summed E-state index contributed by atoms with van der Waals surface area (Å²) >= 11 is 0. The van der Waals surface area contributed by atoms with Gasteiger partial charge in [0, 0.05) is 13.6 Å². The van der Waals surface area contributed by atoms with Crippen LogP contribution in [0.5, 0.6) is 0 Å². The van der Waals surface area contributed by atoms with Gasteiger partial charge in [-0.25, -0.2) is 9.44 Å². The van der Waals surface area contributed by atoms with Gasteiger partial charge in [0.25, 0.3) is 10.2 Å². The molecule has 1 heterocycles. The van der Waals surface area contributed by atoms with Crippen molar-refractivity contribution in [2.75, 3.05) is 27.7 Å². The molecule has 0 fully saturated rings. The molecule has 0 aromatic carbocycles. The Morgan fingerprint density at radius 3 is 2.62 bits per heavy atom. The molecule has 0 aliphatic carbocycles. The first-order valence-corrected chi connectivity index (χ1v) is 6.32. The van der Waals surface area contributed by atoms with Gasteiger partial charge in [-0.2, -0.15) is 8.42 Å². The topological polar surface area (TPSA) is 74.6 Å². The molecule has 92 valence electrons. The summed E-state index contributed by atoms with van der Waals surface area (Å²) in [5.41, 5.74) is 0. The third-order valence-electron chi connectivity index (χ3n) is 2.23. The molecule has 1 aromatic rings. The number of furan rings is 1. The minimum atomic E-state index is -3.41.